The summed E-state index contributed by atoms with van der Waals surface area (Å²) in [5.41, 5.74) is -0.819. The third-order valence-electron chi connectivity index (χ3n) is 3.06. The zero-order chi connectivity index (χ0) is 12.7. The lowest BCUT2D eigenvalue weighted by Gasteiger charge is -2.27. The van der Waals surface area contributed by atoms with Crippen molar-refractivity contribution in [2.75, 3.05) is 32.0 Å². The topological polar surface area (TPSA) is 75.7 Å². The minimum Gasteiger partial charge on any atom is -0.374 e. The van der Waals surface area contributed by atoms with Gasteiger partial charge in [-0.2, -0.15) is 0 Å². The van der Waals surface area contributed by atoms with Crippen LogP contribution in [0.25, 0.3) is 0 Å². The van der Waals surface area contributed by atoms with Crippen LogP contribution in [0.3, 0.4) is 0 Å². The van der Waals surface area contributed by atoms with Gasteiger partial charge in [0.25, 0.3) is 0 Å². The van der Waals surface area contributed by atoms with E-state index in [0.29, 0.717) is 13.2 Å². The van der Waals surface area contributed by atoms with E-state index in [4.69, 9.17) is 4.74 Å². The van der Waals surface area contributed by atoms with E-state index in [-0.39, 0.29) is 24.3 Å². The van der Waals surface area contributed by atoms with Gasteiger partial charge in [-0.25, -0.2) is 12.7 Å². The predicted octanol–water partition coefficient (Wildman–Crippen LogP) is -0.827. The highest BCUT2D eigenvalue weighted by Crippen LogP contribution is 2.31. The fourth-order valence-electron chi connectivity index (χ4n) is 2.18. The highest BCUT2D eigenvalue weighted by atomic mass is 32.2. The van der Waals surface area contributed by atoms with Crippen molar-refractivity contribution in [2.24, 2.45) is 5.41 Å². The Morgan fingerprint density at radius 3 is 2.71 bits per heavy atom. The molecule has 0 saturated carbocycles. The maximum atomic E-state index is 12.0. The number of hydrogen-bond donors (Lipinski definition) is 1. The number of ether oxygens (including phenoxy) is 1. The Morgan fingerprint density at radius 2 is 2.24 bits per heavy atom. The van der Waals surface area contributed by atoms with Gasteiger partial charge in [0.2, 0.25) is 15.9 Å². The Hall–Kier alpha value is -0.660. The molecule has 2 aliphatic heterocycles. The zero-order valence-corrected chi connectivity index (χ0v) is 10.9. The molecule has 0 aromatic carbocycles. The first-order chi connectivity index (χ1) is 7.83. The summed E-state index contributed by atoms with van der Waals surface area (Å²) in [6, 6.07) is 0. The minimum absolute atomic E-state index is 0.112. The van der Waals surface area contributed by atoms with Crippen molar-refractivity contribution in [3.63, 3.8) is 0 Å². The molecule has 2 heterocycles. The van der Waals surface area contributed by atoms with Gasteiger partial charge < -0.3 is 10.1 Å². The Balaban J connectivity index is 2.11. The van der Waals surface area contributed by atoms with E-state index >= 15 is 0 Å². The van der Waals surface area contributed by atoms with Crippen LogP contribution < -0.4 is 5.32 Å². The lowest BCUT2D eigenvalue weighted by Crippen LogP contribution is -2.47. The molecule has 0 aliphatic carbocycles. The van der Waals surface area contributed by atoms with E-state index in [9.17, 15) is 13.2 Å². The number of hydrogen-bond acceptors (Lipinski definition) is 5. The fraction of sp³-hybridized carbons (Fsp3) is 0.900. The summed E-state index contributed by atoms with van der Waals surface area (Å²) in [7, 11) is -3.47. The molecule has 17 heavy (non-hydrogen) atoms. The van der Waals surface area contributed by atoms with E-state index < -0.39 is 15.4 Å². The van der Waals surface area contributed by atoms with E-state index in [1.807, 2.05) is 0 Å². The number of morpholine rings is 1. The average molecular weight is 262 g/mol. The molecular formula is C10H18N2O4S. The average Bonchev–Trinajstić information content (AvgIpc) is 2.38. The third kappa shape index (κ3) is 2.46. The van der Waals surface area contributed by atoms with E-state index in [0.717, 1.165) is 10.8 Å². The Kier molecular flexibility index (Phi) is 3.17. The van der Waals surface area contributed by atoms with Crippen molar-refractivity contribution < 1.29 is 17.9 Å². The molecule has 6 nitrogen and oxygen atoms in total. The van der Waals surface area contributed by atoms with Crippen LogP contribution in [0.15, 0.2) is 0 Å². The Bertz CT molecular complexity index is 412. The molecule has 1 amide bonds. The molecule has 0 aromatic heterocycles. The van der Waals surface area contributed by atoms with Gasteiger partial charge in [-0.3, -0.25) is 4.79 Å². The summed E-state index contributed by atoms with van der Waals surface area (Å²) in [4.78, 5) is 12.0. The number of amides is 1. The van der Waals surface area contributed by atoms with Crippen LogP contribution in [-0.4, -0.2) is 56.7 Å². The summed E-state index contributed by atoms with van der Waals surface area (Å²) < 4.78 is 30.2. The van der Waals surface area contributed by atoms with Gasteiger partial charge in [-0.05, 0) is 13.8 Å². The van der Waals surface area contributed by atoms with Crippen LogP contribution in [-0.2, 0) is 19.6 Å². The molecule has 2 fully saturated rings. The lowest BCUT2D eigenvalue weighted by atomic mass is 9.95. The van der Waals surface area contributed by atoms with Crippen LogP contribution in [0.5, 0.6) is 0 Å². The second-order valence-electron chi connectivity index (χ2n) is 5.17. The largest absolute Gasteiger partial charge is 0.374 e. The van der Waals surface area contributed by atoms with Gasteiger partial charge >= 0.3 is 0 Å². The second kappa shape index (κ2) is 4.22. The molecule has 98 valence electrons. The molecule has 2 rings (SSSR count). The molecule has 1 unspecified atom stereocenters. The highest BCUT2D eigenvalue weighted by molar-refractivity contribution is 7.90. The van der Waals surface area contributed by atoms with Crippen molar-refractivity contribution in [3.8, 4) is 0 Å². The first-order valence-corrected chi connectivity index (χ1v) is 7.31. The van der Waals surface area contributed by atoms with E-state index in [1.165, 1.54) is 0 Å². The lowest BCUT2D eigenvalue weighted by molar-refractivity contribution is -0.133. The SMILES string of the molecule is CC1(C)CS(=O)(=O)N(CC2CNCCO2)C1=O. The molecule has 0 aromatic rings. The number of carbonyl (C=O) groups is 1. The predicted molar refractivity (Wildman–Crippen MR) is 61.9 cm³/mol. The van der Waals surface area contributed by atoms with E-state index in [1.54, 1.807) is 13.8 Å². The molecule has 0 bridgehead atoms. The van der Waals surface area contributed by atoms with Crippen molar-refractivity contribution >= 4 is 15.9 Å². The fourth-order valence-corrected chi connectivity index (χ4v) is 4.26. The highest BCUT2D eigenvalue weighted by Gasteiger charge is 2.49. The van der Waals surface area contributed by atoms with Gasteiger partial charge in [0.15, 0.2) is 0 Å². The van der Waals surface area contributed by atoms with Crippen LogP contribution in [0.1, 0.15) is 13.8 Å². The first kappa shape index (κ1) is 12.8. The molecule has 2 saturated heterocycles. The van der Waals surface area contributed by atoms with Gasteiger partial charge in [0.05, 0.1) is 30.4 Å². The van der Waals surface area contributed by atoms with Crippen molar-refractivity contribution in [3.05, 3.63) is 0 Å². The van der Waals surface area contributed by atoms with Crippen LogP contribution >= 0.6 is 0 Å². The number of rotatable bonds is 2. The van der Waals surface area contributed by atoms with Crippen molar-refractivity contribution in [2.45, 2.75) is 20.0 Å². The van der Waals surface area contributed by atoms with Crippen LogP contribution in [0, 0.1) is 5.41 Å². The summed E-state index contributed by atoms with van der Waals surface area (Å²) in [6.07, 6.45) is -0.239. The number of sulfonamides is 1. The molecule has 0 radical (unpaired) electrons. The van der Waals surface area contributed by atoms with Gasteiger partial charge in [-0.1, -0.05) is 0 Å². The monoisotopic (exact) mass is 262 g/mol. The number of carbonyl (C=O) groups excluding carboxylic acids is 1. The van der Waals surface area contributed by atoms with Crippen LogP contribution in [0.2, 0.25) is 0 Å². The minimum atomic E-state index is -3.47. The Labute approximate surface area is 101 Å². The smallest absolute Gasteiger partial charge is 0.242 e. The number of nitrogens with one attached hydrogen (secondary N) is 1. The Morgan fingerprint density at radius 1 is 1.53 bits per heavy atom. The van der Waals surface area contributed by atoms with Crippen molar-refractivity contribution in [1.29, 1.82) is 0 Å². The molecule has 7 heteroatoms. The molecule has 0 spiro atoms. The molecule has 2 aliphatic rings. The van der Waals surface area contributed by atoms with Crippen molar-refractivity contribution in [1.82, 2.24) is 9.62 Å². The summed E-state index contributed by atoms with van der Waals surface area (Å²) >= 11 is 0. The standard InChI is InChI=1S/C10H18N2O4S/c1-10(2)7-17(14,15)12(9(10)13)6-8-5-11-3-4-16-8/h8,11H,3-7H2,1-2H3. The summed E-state index contributed by atoms with van der Waals surface area (Å²) in [5, 5.41) is 3.11. The van der Waals surface area contributed by atoms with Gasteiger partial charge in [0.1, 0.15) is 0 Å². The molecule has 1 atom stereocenters. The summed E-state index contributed by atoms with van der Waals surface area (Å²) in [5.74, 6) is -0.439. The van der Waals surface area contributed by atoms with Crippen LogP contribution in [0.4, 0.5) is 0 Å². The van der Waals surface area contributed by atoms with Gasteiger partial charge in [-0.15, -0.1) is 0 Å². The normalized spacial score (nSPS) is 31.8. The van der Waals surface area contributed by atoms with E-state index in [2.05, 4.69) is 5.32 Å². The third-order valence-corrected chi connectivity index (χ3v) is 5.13. The molecular weight excluding hydrogens is 244 g/mol. The maximum Gasteiger partial charge on any atom is 0.242 e. The molecule has 1 N–H and O–H groups in total. The van der Waals surface area contributed by atoms with Gasteiger partial charge in [0, 0.05) is 13.1 Å². The quantitative estimate of drug-likeness (QED) is 0.703. The number of nitrogens with zero attached hydrogens (tertiary/aromatic N) is 1. The zero-order valence-electron chi connectivity index (χ0n) is 10.1. The maximum absolute atomic E-state index is 12.0. The summed E-state index contributed by atoms with van der Waals surface area (Å²) in [6.45, 7) is 5.34. The first-order valence-electron chi connectivity index (χ1n) is 5.70. The second-order valence-corrected chi connectivity index (χ2v) is 7.07.